The summed E-state index contributed by atoms with van der Waals surface area (Å²) >= 11 is 0. The molecule has 1 aromatic carbocycles. The summed E-state index contributed by atoms with van der Waals surface area (Å²) in [6.45, 7) is 0. The fourth-order valence-electron chi connectivity index (χ4n) is 1.63. The smallest absolute Gasteiger partial charge is 0.283 e. The van der Waals surface area contributed by atoms with Gasteiger partial charge in [-0.05, 0) is 12.1 Å². The number of hydrogen-bond acceptors (Lipinski definition) is 5. The van der Waals surface area contributed by atoms with Crippen LogP contribution in [0.25, 0.3) is 11.4 Å². The van der Waals surface area contributed by atoms with E-state index in [2.05, 4.69) is 15.5 Å². The van der Waals surface area contributed by atoms with Crippen LogP contribution in [0.3, 0.4) is 0 Å². The zero-order valence-corrected chi connectivity index (χ0v) is 9.72. The van der Waals surface area contributed by atoms with Crippen molar-refractivity contribution >= 4 is 11.6 Å². The number of halogens is 1. The molecule has 2 rings (SSSR count). The molecule has 0 unspecified atom stereocenters. The normalized spacial score (nSPS) is 10.4. The minimum atomic E-state index is -0.665. The van der Waals surface area contributed by atoms with Crippen molar-refractivity contribution in [3.05, 3.63) is 34.1 Å². The van der Waals surface area contributed by atoms with E-state index in [1.165, 1.54) is 6.07 Å². The number of anilines is 1. The fraction of sp³-hybridized carbons (Fsp3) is 0.200. The number of nitrogens with zero attached hydrogens (tertiary/aromatic N) is 4. The molecule has 1 N–H and O–H groups in total. The fourth-order valence-corrected chi connectivity index (χ4v) is 1.63. The monoisotopic (exact) mass is 251 g/mol. The van der Waals surface area contributed by atoms with E-state index in [9.17, 15) is 14.5 Å². The van der Waals surface area contributed by atoms with Gasteiger partial charge in [0.15, 0.2) is 5.82 Å². The number of nitrogens with one attached hydrogen (secondary N) is 1. The number of nitro benzene ring substituents is 1. The summed E-state index contributed by atoms with van der Waals surface area (Å²) < 4.78 is 14.6. The summed E-state index contributed by atoms with van der Waals surface area (Å²) in [5, 5.41) is 21.4. The maximum atomic E-state index is 13.0. The second kappa shape index (κ2) is 4.40. The predicted molar refractivity (Wildman–Crippen MR) is 62.6 cm³/mol. The summed E-state index contributed by atoms with van der Waals surface area (Å²) in [7, 11) is 3.32. The first-order chi connectivity index (χ1) is 8.54. The Hall–Kier alpha value is -2.51. The van der Waals surface area contributed by atoms with Gasteiger partial charge in [0.25, 0.3) is 5.69 Å². The molecular weight excluding hydrogens is 241 g/mol. The Labute approximate surface area is 101 Å². The Kier molecular flexibility index (Phi) is 2.92. The molecule has 0 fully saturated rings. The molecule has 0 radical (unpaired) electrons. The van der Waals surface area contributed by atoms with Gasteiger partial charge in [-0.1, -0.05) is 0 Å². The molecule has 0 amide bonds. The van der Waals surface area contributed by atoms with Crippen LogP contribution in [0.15, 0.2) is 18.2 Å². The molecule has 1 aromatic heterocycles. The van der Waals surface area contributed by atoms with Crippen molar-refractivity contribution in [2.75, 3.05) is 12.4 Å². The van der Waals surface area contributed by atoms with Crippen LogP contribution in [0, 0.1) is 15.9 Å². The molecule has 8 heteroatoms. The minimum absolute atomic E-state index is 0.220. The maximum Gasteiger partial charge on any atom is 0.283 e. The zero-order chi connectivity index (χ0) is 13.3. The quantitative estimate of drug-likeness (QED) is 0.661. The lowest BCUT2D eigenvalue weighted by Crippen LogP contribution is -2.01. The Morgan fingerprint density at radius 3 is 2.72 bits per heavy atom. The molecule has 7 nitrogen and oxygen atoms in total. The van der Waals surface area contributed by atoms with Gasteiger partial charge < -0.3 is 5.32 Å². The highest BCUT2D eigenvalue weighted by Gasteiger charge is 2.21. The highest BCUT2D eigenvalue weighted by atomic mass is 19.1. The minimum Gasteiger partial charge on any atom is -0.357 e. The lowest BCUT2D eigenvalue weighted by molar-refractivity contribution is -0.384. The molecule has 1 heterocycles. The van der Waals surface area contributed by atoms with E-state index in [1.54, 1.807) is 18.7 Å². The number of hydrogen-bond donors (Lipinski definition) is 1. The van der Waals surface area contributed by atoms with E-state index in [1.807, 2.05) is 0 Å². The molecule has 2 aromatic rings. The maximum absolute atomic E-state index is 13.0. The molecule has 0 aliphatic heterocycles. The lowest BCUT2D eigenvalue weighted by atomic mass is 10.1. The molecule has 0 saturated carbocycles. The first kappa shape index (κ1) is 12.0. The number of rotatable bonds is 3. The predicted octanol–water partition coefficient (Wildman–Crippen LogP) is 1.57. The molecule has 18 heavy (non-hydrogen) atoms. The van der Waals surface area contributed by atoms with Gasteiger partial charge in [-0.2, -0.15) is 0 Å². The van der Waals surface area contributed by atoms with Crippen LogP contribution in [0.5, 0.6) is 0 Å². The standard InChI is InChI=1S/C10H10FN5O2/c1-12-10-14-13-9(15(10)2)7-4-3-6(11)5-8(7)16(17)18/h3-5H,1-2H3,(H,12,14). The highest BCUT2D eigenvalue weighted by Crippen LogP contribution is 2.29. The van der Waals surface area contributed by atoms with Gasteiger partial charge in [0.1, 0.15) is 5.82 Å². The summed E-state index contributed by atoms with van der Waals surface area (Å²) in [6, 6.07) is 3.33. The molecule has 0 aliphatic carbocycles. The van der Waals surface area contributed by atoms with E-state index >= 15 is 0 Å². The van der Waals surface area contributed by atoms with Crippen molar-refractivity contribution < 1.29 is 9.31 Å². The summed E-state index contributed by atoms with van der Waals surface area (Å²) in [6.07, 6.45) is 0. The molecule has 94 valence electrons. The van der Waals surface area contributed by atoms with E-state index in [4.69, 9.17) is 0 Å². The highest BCUT2D eigenvalue weighted by molar-refractivity contribution is 5.69. The first-order valence-corrected chi connectivity index (χ1v) is 5.06. The third-order valence-corrected chi connectivity index (χ3v) is 2.50. The third kappa shape index (κ3) is 1.88. The SMILES string of the molecule is CNc1nnc(-c2ccc(F)cc2[N+](=O)[O-])n1C. The van der Waals surface area contributed by atoms with Crippen LogP contribution < -0.4 is 5.32 Å². The van der Waals surface area contributed by atoms with Crippen molar-refractivity contribution in [3.8, 4) is 11.4 Å². The van der Waals surface area contributed by atoms with Crippen molar-refractivity contribution in [3.63, 3.8) is 0 Å². The van der Waals surface area contributed by atoms with Crippen LogP contribution in [-0.2, 0) is 7.05 Å². The van der Waals surface area contributed by atoms with Gasteiger partial charge in [0, 0.05) is 14.1 Å². The van der Waals surface area contributed by atoms with Gasteiger partial charge in [-0.3, -0.25) is 14.7 Å². The van der Waals surface area contributed by atoms with Gasteiger partial charge in [0.2, 0.25) is 5.95 Å². The van der Waals surface area contributed by atoms with Gasteiger partial charge in [-0.15, -0.1) is 10.2 Å². The van der Waals surface area contributed by atoms with Crippen LogP contribution in [0.2, 0.25) is 0 Å². The molecular formula is C10H10FN5O2. The van der Waals surface area contributed by atoms with Crippen molar-refractivity contribution in [1.82, 2.24) is 14.8 Å². The number of nitro groups is 1. The summed E-state index contributed by atoms with van der Waals surface area (Å²) in [4.78, 5) is 10.3. The topological polar surface area (TPSA) is 85.9 Å². The van der Waals surface area contributed by atoms with E-state index in [0.717, 1.165) is 12.1 Å². The molecule has 0 aliphatic rings. The van der Waals surface area contributed by atoms with E-state index in [-0.39, 0.29) is 11.3 Å². The molecule has 0 spiro atoms. The van der Waals surface area contributed by atoms with Crippen molar-refractivity contribution in [1.29, 1.82) is 0 Å². The molecule has 0 saturated heterocycles. The largest absolute Gasteiger partial charge is 0.357 e. The average Bonchev–Trinajstić information content (AvgIpc) is 2.70. The second-order valence-electron chi connectivity index (χ2n) is 3.57. The molecule has 0 atom stereocenters. The van der Waals surface area contributed by atoms with Gasteiger partial charge >= 0.3 is 0 Å². The lowest BCUT2D eigenvalue weighted by Gasteiger charge is -2.04. The summed E-state index contributed by atoms with van der Waals surface area (Å²) in [5.74, 6) is 0.0936. The number of benzene rings is 1. The number of aromatic nitrogens is 3. The van der Waals surface area contributed by atoms with Gasteiger partial charge in [0.05, 0.1) is 16.6 Å². The Balaban J connectivity index is 2.63. The Bertz CT molecular complexity index is 610. The van der Waals surface area contributed by atoms with Crippen LogP contribution in [0.1, 0.15) is 0 Å². The average molecular weight is 251 g/mol. The van der Waals surface area contributed by atoms with E-state index in [0.29, 0.717) is 11.8 Å². The van der Waals surface area contributed by atoms with Gasteiger partial charge in [-0.25, -0.2) is 4.39 Å². The first-order valence-electron chi connectivity index (χ1n) is 5.06. The Morgan fingerprint density at radius 1 is 1.44 bits per heavy atom. The van der Waals surface area contributed by atoms with Crippen molar-refractivity contribution in [2.24, 2.45) is 7.05 Å². The third-order valence-electron chi connectivity index (χ3n) is 2.50. The zero-order valence-electron chi connectivity index (χ0n) is 9.72. The molecule has 0 bridgehead atoms. The van der Waals surface area contributed by atoms with Crippen LogP contribution >= 0.6 is 0 Å². The Morgan fingerprint density at radius 2 is 2.17 bits per heavy atom. The second-order valence-corrected chi connectivity index (χ2v) is 3.57. The van der Waals surface area contributed by atoms with Crippen LogP contribution in [0.4, 0.5) is 16.0 Å². The summed E-state index contributed by atoms with van der Waals surface area (Å²) in [5.41, 5.74) is -0.119. The van der Waals surface area contributed by atoms with E-state index < -0.39 is 10.7 Å². The van der Waals surface area contributed by atoms with Crippen LogP contribution in [-0.4, -0.2) is 26.7 Å². The van der Waals surface area contributed by atoms with Crippen molar-refractivity contribution in [2.45, 2.75) is 0 Å².